The Hall–Kier alpha value is -1.03. The first-order chi connectivity index (χ1) is 12.6. The smallest absolute Gasteiger partial charge is 0.412 e. The van der Waals surface area contributed by atoms with Crippen LogP contribution in [0.5, 0.6) is 5.75 Å². The van der Waals surface area contributed by atoms with E-state index < -0.39 is 29.2 Å². The number of fused-ring (bicyclic) bond motifs is 1. The molecule has 0 saturated heterocycles. The molecule has 0 aromatic heterocycles. The van der Waals surface area contributed by atoms with Gasteiger partial charge in [0, 0.05) is 38.9 Å². The molecule has 1 aliphatic rings. The summed E-state index contributed by atoms with van der Waals surface area (Å²) in [4.78, 5) is 12.8. The van der Waals surface area contributed by atoms with Crippen molar-refractivity contribution in [2.75, 3.05) is 37.7 Å². The lowest BCUT2D eigenvalue weighted by atomic mass is 10.0. The summed E-state index contributed by atoms with van der Waals surface area (Å²) in [5.41, 5.74) is 0.916. The first-order valence-corrected chi connectivity index (χ1v) is 12.4. The molecule has 2 N–H and O–H groups in total. The van der Waals surface area contributed by atoms with Crippen LogP contribution in [0.4, 0.5) is 10.5 Å². The second-order valence-corrected chi connectivity index (χ2v) is 11.9. The Labute approximate surface area is 166 Å². The summed E-state index contributed by atoms with van der Waals surface area (Å²) in [6.07, 6.45) is -0.138. The van der Waals surface area contributed by atoms with Crippen LogP contribution in [0.25, 0.3) is 0 Å². The first kappa shape index (κ1) is 22.3. The molecule has 11 heteroatoms. The van der Waals surface area contributed by atoms with Crippen LogP contribution in [-0.2, 0) is 38.3 Å². The minimum absolute atomic E-state index is 0.238. The molecule has 0 aliphatic carbocycles. The van der Waals surface area contributed by atoms with E-state index >= 15 is 0 Å². The molecular weight excluding hydrogens is 411 g/mol. The molecule has 27 heavy (non-hydrogen) atoms. The fourth-order valence-electron chi connectivity index (χ4n) is 2.76. The number of hydrogen-bond acceptors (Lipinski definition) is 6. The SMILES string of the molecule is COP(=S)(CCNS(=O)CN(C(=O)O)c1cccc2c1OC(C)(C)C2)OC. The number of nitrogens with one attached hydrogen (secondary N) is 1. The van der Waals surface area contributed by atoms with Crippen molar-refractivity contribution in [1.82, 2.24) is 4.72 Å². The monoisotopic (exact) mass is 436 g/mol. The van der Waals surface area contributed by atoms with Crippen molar-refractivity contribution in [1.29, 1.82) is 0 Å². The maximum absolute atomic E-state index is 12.4. The van der Waals surface area contributed by atoms with Gasteiger partial charge in [0.25, 0.3) is 0 Å². The third kappa shape index (κ3) is 5.73. The minimum atomic E-state index is -2.39. The van der Waals surface area contributed by atoms with Crippen molar-refractivity contribution >= 4 is 41.1 Å². The van der Waals surface area contributed by atoms with Crippen molar-refractivity contribution in [2.24, 2.45) is 0 Å². The summed E-state index contributed by atoms with van der Waals surface area (Å²) in [7, 11) is 1.33. The minimum Gasteiger partial charge on any atom is -0.485 e. The topological polar surface area (TPSA) is 97.3 Å². The zero-order valence-electron chi connectivity index (χ0n) is 15.8. The van der Waals surface area contributed by atoms with Crippen LogP contribution in [0.1, 0.15) is 19.4 Å². The second kappa shape index (κ2) is 8.98. The van der Waals surface area contributed by atoms with Gasteiger partial charge in [-0.15, -0.1) is 0 Å². The van der Waals surface area contributed by atoms with Gasteiger partial charge >= 0.3 is 6.09 Å². The third-order valence-corrected chi connectivity index (χ3v) is 8.39. The molecule has 1 aromatic rings. The summed E-state index contributed by atoms with van der Waals surface area (Å²) < 4.78 is 31.4. The van der Waals surface area contributed by atoms with E-state index in [1.807, 2.05) is 19.9 Å². The lowest BCUT2D eigenvalue weighted by Gasteiger charge is -2.23. The summed E-state index contributed by atoms with van der Waals surface area (Å²) in [5, 5.41) is 9.62. The van der Waals surface area contributed by atoms with Crippen molar-refractivity contribution < 1.29 is 27.9 Å². The molecule has 8 nitrogen and oxygen atoms in total. The average Bonchev–Trinajstić information content (AvgIpc) is 2.93. The molecule has 1 atom stereocenters. The Morgan fingerprint density at radius 1 is 1.44 bits per heavy atom. The van der Waals surface area contributed by atoms with E-state index in [4.69, 9.17) is 25.6 Å². The van der Waals surface area contributed by atoms with Crippen LogP contribution in [0, 0.1) is 0 Å². The number of ether oxygens (including phenoxy) is 1. The summed E-state index contributed by atoms with van der Waals surface area (Å²) in [6, 6.07) is 5.34. The largest absolute Gasteiger partial charge is 0.485 e. The number of benzene rings is 1. The number of anilines is 1. The molecule has 0 fully saturated rings. The molecule has 1 aromatic carbocycles. The summed E-state index contributed by atoms with van der Waals surface area (Å²) >= 11 is 5.24. The predicted molar refractivity (Wildman–Crippen MR) is 110 cm³/mol. The van der Waals surface area contributed by atoms with Crippen molar-refractivity contribution in [3.05, 3.63) is 23.8 Å². The second-order valence-electron chi connectivity index (χ2n) is 6.58. The van der Waals surface area contributed by atoms with Crippen LogP contribution >= 0.6 is 6.49 Å². The molecule has 1 heterocycles. The Kier molecular flexibility index (Phi) is 7.40. The van der Waals surface area contributed by atoms with Gasteiger partial charge in [0.2, 0.25) is 0 Å². The zero-order chi connectivity index (χ0) is 20.2. The van der Waals surface area contributed by atoms with E-state index in [0.29, 0.717) is 24.0 Å². The van der Waals surface area contributed by atoms with E-state index in [-0.39, 0.29) is 12.4 Å². The van der Waals surface area contributed by atoms with E-state index in [9.17, 15) is 14.1 Å². The van der Waals surface area contributed by atoms with Gasteiger partial charge in [-0.3, -0.25) is 4.90 Å². The molecule has 0 bridgehead atoms. The number of carbonyl (C=O) groups is 1. The highest BCUT2D eigenvalue weighted by atomic mass is 32.5. The molecule has 0 spiro atoms. The van der Waals surface area contributed by atoms with Gasteiger partial charge in [-0.1, -0.05) is 12.1 Å². The van der Waals surface area contributed by atoms with Gasteiger partial charge < -0.3 is 18.9 Å². The predicted octanol–water partition coefficient (Wildman–Crippen LogP) is 2.70. The van der Waals surface area contributed by atoms with E-state index in [2.05, 4.69) is 4.72 Å². The number of hydrogen-bond donors (Lipinski definition) is 2. The quantitative estimate of drug-likeness (QED) is 0.575. The van der Waals surface area contributed by atoms with Gasteiger partial charge in [-0.2, -0.15) is 0 Å². The molecule has 152 valence electrons. The number of nitrogens with zero attached hydrogens (tertiary/aromatic N) is 1. The lowest BCUT2D eigenvalue weighted by Crippen LogP contribution is -2.37. The highest BCUT2D eigenvalue weighted by Gasteiger charge is 2.34. The van der Waals surface area contributed by atoms with Gasteiger partial charge in [-0.25, -0.2) is 13.7 Å². The Bertz CT molecular complexity index is 765. The van der Waals surface area contributed by atoms with Crippen LogP contribution < -0.4 is 14.4 Å². The Morgan fingerprint density at radius 2 is 2.11 bits per heavy atom. The van der Waals surface area contributed by atoms with Gasteiger partial charge in [0.15, 0.2) is 6.49 Å². The first-order valence-electron chi connectivity index (χ1n) is 8.24. The van der Waals surface area contributed by atoms with Crippen LogP contribution in [0.2, 0.25) is 0 Å². The fourth-order valence-corrected chi connectivity index (χ4v) is 4.99. The molecular formula is C16H25N2O6PS2. The number of para-hydroxylation sites is 1. The van der Waals surface area contributed by atoms with Crippen LogP contribution in [0.15, 0.2) is 18.2 Å². The number of amides is 1. The molecule has 1 amide bonds. The maximum Gasteiger partial charge on any atom is 0.412 e. The number of carboxylic acid groups (broad SMARTS) is 1. The Morgan fingerprint density at radius 3 is 2.70 bits per heavy atom. The fraction of sp³-hybridized carbons (Fsp3) is 0.562. The summed E-state index contributed by atoms with van der Waals surface area (Å²) in [5.74, 6) is 0.287. The summed E-state index contributed by atoms with van der Waals surface area (Å²) in [6.45, 7) is 1.78. The van der Waals surface area contributed by atoms with Crippen molar-refractivity contribution in [2.45, 2.75) is 25.9 Å². The molecule has 1 aliphatic heterocycles. The molecule has 0 saturated carbocycles. The highest BCUT2D eigenvalue weighted by Crippen LogP contribution is 2.46. The highest BCUT2D eigenvalue weighted by molar-refractivity contribution is 8.09. The average molecular weight is 436 g/mol. The Balaban J connectivity index is 2.08. The van der Waals surface area contributed by atoms with Gasteiger partial charge in [-0.05, 0) is 31.7 Å². The van der Waals surface area contributed by atoms with E-state index in [0.717, 1.165) is 10.5 Å². The van der Waals surface area contributed by atoms with E-state index in [1.54, 1.807) is 12.1 Å². The molecule has 0 radical (unpaired) electrons. The number of rotatable bonds is 9. The standard InChI is InChI=1S/C16H25N2O6PS2/c1-16(2)10-12-6-5-7-13(14(12)24-16)18(15(19)20)11-27(21)17-8-9-25(26,22-3)23-4/h5-7,17H,8-11H2,1-4H3,(H,19,20). The van der Waals surface area contributed by atoms with Crippen molar-refractivity contribution in [3.63, 3.8) is 0 Å². The van der Waals surface area contributed by atoms with Crippen LogP contribution in [-0.4, -0.2) is 53.8 Å². The van der Waals surface area contributed by atoms with Crippen molar-refractivity contribution in [3.8, 4) is 5.75 Å². The lowest BCUT2D eigenvalue weighted by molar-refractivity contribution is 0.138. The third-order valence-electron chi connectivity index (χ3n) is 4.04. The normalized spacial score (nSPS) is 16.4. The van der Waals surface area contributed by atoms with Gasteiger partial charge in [0.05, 0.1) is 5.69 Å². The zero-order valence-corrected chi connectivity index (χ0v) is 18.3. The van der Waals surface area contributed by atoms with Crippen LogP contribution in [0.3, 0.4) is 0 Å². The molecule has 1 unspecified atom stereocenters. The van der Waals surface area contributed by atoms with E-state index in [1.165, 1.54) is 14.2 Å². The maximum atomic E-state index is 12.4. The van der Waals surface area contributed by atoms with Gasteiger partial charge in [0.1, 0.15) is 28.2 Å². The molecule has 2 rings (SSSR count).